The molecule has 0 aliphatic heterocycles. The smallest absolute Gasteiger partial charge is 0.335 e. The Labute approximate surface area is 114 Å². The van der Waals surface area contributed by atoms with Crippen molar-refractivity contribution in [3.63, 3.8) is 0 Å². The van der Waals surface area contributed by atoms with Crippen LogP contribution < -0.4 is 10.6 Å². The van der Waals surface area contributed by atoms with Crippen molar-refractivity contribution in [3.05, 3.63) is 29.6 Å². The molecule has 0 aromatic heterocycles. The van der Waals surface area contributed by atoms with E-state index in [2.05, 4.69) is 0 Å². The Bertz CT molecular complexity index is 551. The van der Waals surface area contributed by atoms with Gasteiger partial charge in [-0.1, -0.05) is 0 Å². The number of hydrogen-bond donors (Lipinski definition) is 3. The molecule has 0 atom stereocenters. The van der Waals surface area contributed by atoms with Gasteiger partial charge in [-0.25, -0.2) is 22.8 Å². The summed E-state index contributed by atoms with van der Waals surface area (Å²) in [5, 5.41) is 11.9. The third-order valence-corrected chi connectivity index (χ3v) is 2.27. The number of nitrogens with one attached hydrogen (secondary N) is 2. The summed E-state index contributed by atoms with van der Waals surface area (Å²) in [4.78, 5) is 21.8. The highest BCUT2D eigenvalue weighted by Gasteiger charge is 2.40. The van der Waals surface area contributed by atoms with E-state index < -0.39 is 42.4 Å². The van der Waals surface area contributed by atoms with Gasteiger partial charge < -0.3 is 15.7 Å². The summed E-state index contributed by atoms with van der Waals surface area (Å²) < 4.78 is 62.1. The van der Waals surface area contributed by atoms with Gasteiger partial charge in [-0.3, -0.25) is 0 Å². The van der Waals surface area contributed by atoms with E-state index in [9.17, 15) is 31.5 Å². The van der Waals surface area contributed by atoms with Gasteiger partial charge in [0, 0.05) is 0 Å². The Hall–Kier alpha value is -2.39. The van der Waals surface area contributed by atoms with Gasteiger partial charge in [0.25, 0.3) is 0 Å². The average Bonchev–Trinajstić information content (AvgIpc) is 2.38. The largest absolute Gasteiger partial charge is 0.478 e. The number of anilines is 1. The van der Waals surface area contributed by atoms with Gasteiger partial charge in [0.1, 0.15) is 5.82 Å². The predicted octanol–water partition coefficient (Wildman–Crippen LogP) is 2.55. The first kappa shape index (κ1) is 16.7. The van der Waals surface area contributed by atoms with Crippen LogP contribution in [-0.4, -0.2) is 36.0 Å². The summed E-state index contributed by atoms with van der Waals surface area (Å²) in [6.45, 7) is -1.66. The maximum Gasteiger partial charge on any atom is 0.335 e. The van der Waals surface area contributed by atoms with Gasteiger partial charge >= 0.3 is 24.3 Å². The van der Waals surface area contributed by atoms with Crippen LogP contribution in [0.5, 0.6) is 0 Å². The van der Waals surface area contributed by atoms with E-state index in [-0.39, 0.29) is 5.56 Å². The lowest BCUT2D eigenvalue weighted by Crippen LogP contribution is -2.43. The number of aromatic carboxylic acids is 1. The molecule has 0 unspecified atom stereocenters. The van der Waals surface area contributed by atoms with Gasteiger partial charge in [-0.05, 0) is 18.2 Å². The first-order chi connectivity index (χ1) is 9.63. The molecule has 0 aliphatic carbocycles. The molecule has 1 aromatic carbocycles. The fourth-order valence-electron chi connectivity index (χ4n) is 1.20. The number of benzene rings is 1. The fraction of sp³-hybridized carbons (Fsp3) is 0.273. The summed E-state index contributed by atoms with van der Waals surface area (Å²) in [7, 11) is 0. The van der Waals surface area contributed by atoms with Crippen molar-refractivity contribution in [1.82, 2.24) is 5.32 Å². The molecular formula is C11H9F5N2O3. The maximum absolute atomic E-state index is 13.3. The number of alkyl halides is 4. The predicted molar refractivity (Wildman–Crippen MR) is 61.3 cm³/mol. The SMILES string of the molecule is O=C(NCC(F)(F)C(F)F)Nc1cc(C(=O)O)ccc1F. The van der Waals surface area contributed by atoms with E-state index in [0.29, 0.717) is 0 Å². The van der Waals surface area contributed by atoms with Gasteiger partial charge in [-0.15, -0.1) is 0 Å². The van der Waals surface area contributed by atoms with Crippen molar-refractivity contribution in [3.8, 4) is 0 Å². The number of carboxylic acid groups (broad SMARTS) is 1. The third kappa shape index (κ3) is 4.58. The summed E-state index contributed by atoms with van der Waals surface area (Å²) in [6, 6.07) is 1.04. The van der Waals surface area contributed by atoms with Crippen LogP contribution in [0, 0.1) is 5.82 Å². The number of halogens is 5. The zero-order valence-corrected chi connectivity index (χ0v) is 10.2. The lowest BCUT2D eigenvalue weighted by atomic mass is 10.2. The summed E-state index contributed by atoms with van der Waals surface area (Å²) >= 11 is 0. The monoisotopic (exact) mass is 312 g/mol. The number of hydrogen-bond acceptors (Lipinski definition) is 2. The second-order valence-corrected chi connectivity index (χ2v) is 3.87. The Morgan fingerprint density at radius 1 is 1.29 bits per heavy atom. The van der Waals surface area contributed by atoms with Crippen LogP contribution in [0.1, 0.15) is 10.4 Å². The van der Waals surface area contributed by atoms with Crippen molar-refractivity contribution < 1.29 is 36.6 Å². The van der Waals surface area contributed by atoms with E-state index >= 15 is 0 Å². The number of carboxylic acids is 1. The van der Waals surface area contributed by atoms with Crippen LogP contribution in [0.4, 0.5) is 32.4 Å². The zero-order valence-electron chi connectivity index (χ0n) is 10.2. The second kappa shape index (κ2) is 6.37. The van der Waals surface area contributed by atoms with E-state index in [1.165, 1.54) is 5.32 Å². The number of amides is 2. The molecule has 0 spiro atoms. The molecule has 0 aliphatic rings. The standard InChI is InChI=1S/C11H9F5N2O3/c12-6-2-1-5(8(19)20)3-7(6)18-10(21)17-4-11(15,16)9(13)14/h1-3,9H,4H2,(H,19,20)(H2,17,18,21). The van der Waals surface area contributed by atoms with Gasteiger partial charge in [0.05, 0.1) is 17.8 Å². The average molecular weight is 312 g/mol. The Kier molecular flexibility index (Phi) is 5.06. The molecule has 3 N–H and O–H groups in total. The first-order valence-corrected chi connectivity index (χ1v) is 5.37. The molecule has 1 aromatic rings. The normalized spacial score (nSPS) is 11.3. The van der Waals surface area contributed by atoms with Crippen LogP contribution in [-0.2, 0) is 0 Å². The third-order valence-electron chi connectivity index (χ3n) is 2.27. The molecule has 0 saturated carbocycles. The topological polar surface area (TPSA) is 78.4 Å². The summed E-state index contributed by atoms with van der Waals surface area (Å²) in [6.07, 6.45) is -3.97. The fourth-order valence-corrected chi connectivity index (χ4v) is 1.20. The molecule has 1 rings (SSSR count). The van der Waals surface area contributed by atoms with Gasteiger partial charge in [0.15, 0.2) is 0 Å². The number of rotatable bonds is 5. The van der Waals surface area contributed by atoms with Crippen molar-refractivity contribution in [2.24, 2.45) is 0 Å². The number of carbonyl (C=O) groups excluding carboxylic acids is 1. The first-order valence-electron chi connectivity index (χ1n) is 5.37. The molecule has 0 radical (unpaired) electrons. The van der Waals surface area contributed by atoms with Crippen molar-refractivity contribution >= 4 is 17.7 Å². The van der Waals surface area contributed by atoms with Crippen LogP contribution in [0.25, 0.3) is 0 Å². The molecule has 10 heteroatoms. The Balaban J connectivity index is 2.71. The molecule has 0 fully saturated rings. The quantitative estimate of drug-likeness (QED) is 0.731. The van der Waals surface area contributed by atoms with E-state index in [4.69, 9.17) is 5.11 Å². The zero-order chi connectivity index (χ0) is 16.2. The van der Waals surface area contributed by atoms with E-state index in [1.54, 1.807) is 5.32 Å². The molecule has 5 nitrogen and oxygen atoms in total. The lowest BCUT2D eigenvalue weighted by molar-refractivity contribution is -0.123. The Morgan fingerprint density at radius 2 is 1.90 bits per heavy atom. The molecule has 0 heterocycles. The van der Waals surface area contributed by atoms with Crippen LogP contribution in [0.15, 0.2) is 18.2 Å². The van der Waals surface area contributed by atoms with Crippen LogP contribution in [0.3, 0.4) is 0 Å². The van der Waals surface area contributed by atoms with E-state index in [0.717, 1.165) is 18.2 Å². The minimum absolute atomic E-state index is 0.357. The van der Waals surface area contributed by atoms with Crippen molar-refractivity contribution in [2.45, 2.75) is 12.3 Å². The highest BCUT2D eigenvalue weighted by Crippen LogP contribution is 2.21. The van der Waals surface area contributed by atoms with Crippen LogP contribution >= 0.6 is 0 Å². The molecule has 21 heavy (non-hydrogen) atoms. The molecule has 116 valence electrons. The van der Waals surface area contributed by atoms with E-state index in [1.807, 2.05) is 0 Å². The molecule has 0 saturated heterocycles. The minimum atomic E-state index is -4.43. The van der Waals surface area contributed by atoms with Crippen molar-refractivity contribution in [2.75, 3.05) is 11.9 Å². The number of urea groups is 1. The second-order valence-electron chi connectivity index (χ2n) is 3.87. The van der Waals surface area contributed by atoms with Crippen LogP contribution in [0.2, 0.25) is 0 Å². The highest BCUT2D eigenvalue weighted by atomic mass is 19.3. The molecular weight excluding hydrogens is 303 g/mol. The Morgan fingerprint density at radius 3 is 2.43 bits per heavy atom. The van der Waals surface area contributed by atoms with Crippen molar-refractivity contribution in [1.29, 1.82) is 0 Å². The lowest BCUT2D eigenvalue weighted by Gasteiger charge is -2.16. The van der Waals surface area contributed by atoms with Gasteiger partial charge in [0.2, 0.25) is 0 Å². The molecule has 0 bridgehead atoms. The highest BCUT2D eigenvalue weighted by molar-refractivity contribution is 5.93. The number of carbonyl (C=O) groups is 2. The molecule has 2 amide bonds. The minimum Gasteiger partial charge on any atom is -0.478 e. The van der Waals surface area contributed by atoms with Gasteiger partial charge in [-0.2, -0.15) is 8.78 Å². The summed E-state index contributed by atoms with van der Waals surface area (Å²) in [5.41, 5.74) is -0.947. The summed E-state index contributed by atoms with van der Waals surface area (Å²) in [5.74, 6) is -6.85. The maximum atomic E-state index is 13.3.